The molecule has 1 heterocycles. The summed E-state index contributed by atoms with van der Waals surface area (Å²) in [6.07, 6.45) is 1.91. The maximum Gasteiger partial charge on any atom is 0.208 e. The van der Waals surface area contributed by atoms with Crippen LogP contribution < -0.4 is 10.1 Å². The van der Waals surface area contributed by atoms with E-state index in [0.717, 1.165) is 22.6 Å². The van der Waals surface area contributed by atoms with Crippen molar-refractivity contribution in [3.05, 3.63) is 96.4 Å². The minimum absolute atomic E-state index is 0.286. The van der Waals surface area contributed by atoms with E-state index in [-0.39, 0.29) is 5.82 Å². The summed E-state index contributed by atoms with van der Waals surface area (Å²) in [4.78, 5) is 4.74. The Balaban J connectivity index is 1.68. The molecule has 0 aliphatic heterocycles. The smallest absolute Gasteiger partial charge is 0.208 e. The van der Waals surface area contributed by atoms with Crippen LogP contribution in [0.1, 0.15) is 5.56 Å². The molecule has 140 valence electrons. The van der Waals surface area contributed by atoms with Gasteiger partial charge in [0.25, 0.3) is 0 Å². The second-order valence-electron chi connectivity index (χ2n) is 6.37. The maximum absolute atomic E-state index is 13.8. The summed E-state index contributed by atoms with van der Waals surface area (Å²) in [5, 5.41) is 3.36. The highest BCUT2D eigenvalue weighted by Crippen LogP contribution is 2.25. The third-order valence-electron chi connectivity index (χ3n) is 4.45. The topological polar surface area (TPSA) is 39.1 Å². The second-order valence-corrected chi connectivity index (χ2v) is 6.37. The normalized spacial score (nSPS) is 10.6. The van der Waals surface area contributed by atoms with Gasteiger partial charge >= 0.3 is 0 Å². The van der Waals surface area contributed by atoms with E-state index in [9.17, 15) is 4.39 Å². The second kappa shape index (κ2) is 7.96. The number of hydrogen-bond donors (Lipinski definition) is 1. The van der Waals surface area contributed by atoms with Crippen LogP contribution >= 0.6 is 0 Å². The van der Waals surface area contributed by atoms with Gasteiger partial charge in [0, 0.05) is 18.3 Å². The number of halogens is 1. The lowest BCUT2D eigenvalue weighted by atomic mass is 10.2. The molecule has 1 aromatic heterocycles. The zero-order chi connectivity index (χ0) is 19.3. The maximum atomic E-state index is 13.8. The summed E-state index contributed by atoms with van der Waals surface area (Å²) in [5.74, 6) is 1.16. The molecular weight excluding hydrogens is 353 g/mol. The molecule has 0 radical (unpaired) electrons. The molecule has 5 heteroatoms. The zero-order valence-electron chi connectivity index (χ0n) is 15.5. The molecule has 0 unspecified atom stereocenters. The van der Waals surface area contributed by atoms with Crippen molar-refractivity contribution < 1.29 is 9.13 Å². The van der Waals surface area contributed by atoms with Crippen molar-refractivity contribution in [2.24, 2.45) is 0 Å². The number of aromatic nitrogens is 2. The molecule has 28 heavy (non-hydrogen) atoms. The van der Waals surface area contributed by atoms with E-state index in [0.29, 0.717) is 18.2 Å². The monoisotopic (exact) mass is 373 g/mol. The minimum Gasteiger partial charge on any atom is -0.497 e. The molecule has 4 aromatic rings. The Labute approximate surface area is 163 Å². The van der Waals surface area contributed by atoms with Gasteiger partial charge in [-0.05, 0) is 35.9 Å². The van der Waals surface area contributed by atoms with Gasteiger partial charge < -0.3 is 10.1 Å². The molecule has 0 bridgehead atoms. The molecule has 0 fully saturated rings. The van der Waals surface area contributed by atoms with Crippen molar-refractivity contribution >= 4 is 5.95 Å². The van der Waals surface area contributed by atoms with Gasteiger partial charge in [0.05, 0.1) is 18.5 Å². The Morgan fingerprint density at radius 3 is 2.57 bits per heavy atom. The average Bonchev–Trinajstić information content (AvgIpc) is 3.17. The summed E-state index contributed by atoms with van der Waals surface area (Å²) < 4.78 is 20.9. The van der Waals surface area contributed by atoms with Gasteiger partial charge in [0.2, 0.25) is 5.95 Å². The lowest BCUT2D eigenvalue weighted by Gasteiger charge is -2.10. The predicted octanol–water partition coefficient (Wildman–Crippen LogP) is 5.30. The number of benzene rings is 3. The Kier molecular flexibility index (Phi) is 5.06. The van der Waals surface area contributed by atoms with E-state index in [1.807, 2.05) is 71.4 Å². The van der Waals surface area contributed by atoms with Crippen LogP contribution in [-0.4, -0.2) is 16.7 Å². The highest BCUT2D eigenvalue weighted by Gasteiger charge is 2.12. The van der Waals surface area contributed by atoms with E-state index in [1.54, 1.807) is 13.2 Å². The van der Waals surface area contributed by atoms with Gasteiger partial charge in [-0.2, -0.15) is 0 Å². The largest absolute Gasteiger partial charge is 0.497 e. The Bertz CT molecular complexity index is 1080. The number of nitrogens with one attached hydrogen (secondary N) is 1. The van der Waals surface area contributed by atoms with Crippen LogP contribution in [0.3, 0.4) is 0 Å². The van der Waals surface area contributed by atoms with Crippen LogP contribution in [0.25, 0.3) is 16.9 Å². The van der Waals surface area contributed by atoms with E-state index in [2.05, 4.69) is 5.32 Å². The molecule has 0 amide bonds. The molecule has 3 aromatic carbocycles. The number of methoxy groups -OCH3 is 1. The molecule has 0 saturated carbocycles. The molecule has 0 saturated heterocycles. The van der Waals surface area contributed by atoms with E-state index < -0.39 is 0 Å². The third-order valence-corrected chi connectivity index (χ3v) is 4.45. The van der Waals surface area contributed by atoms with Crippen molar-refractivity contribution in [2.75, 3.05) is 12.4 Å². The van der Waals surface area contributed by atoms with Crippen molar-refractivity contribution in [3.63, 3.8) is 0 Å². The summed E-state index contributed by atoms with van der Waals surface area (Å²) in [6, 6.07) is 24.2. The first-order valence-corrected chi connectivity index (χ1v) is 9.00. The predicted molar refractivity (Wildman–Crippen MR) is 109 cm³/mol. The van der Waals surface area contributed by atoms with Gasteiger partial charge in [0.15, 0.2) is 0 Å². The average molecular weight is 373 g/mol. The standard InChI is InChI=1S/C23H20FN3O/c1-28-21-12-5-7-17(13-21)15-25-23-26-22(18-8-3-2-4-9-18)16-27(23)20-11-6-10-19(24)14-20/h2-14,16H,15H2,1H3,(H,25,26). The van der Waals surface area contributed by atoms with E-state index in [1.165, 1.54) is 12.1 Å². The van der Waals surface area contributed by atoms with Crippen LogP contribution in [0.4, 0.5) is 10.3 Å². The first kappa shape index (κ1) is 17.8. The van der Waals surface area contributed by atoms with E-state index in [4.69, 9.17) is 9.72 Å². The van der Waals surface area contributed by atoms with Crippen molar-refractivity contribution in [1.29, 1.82) is 0 Å². The van der Waals surface area contributed by atoms with Gasteiger partial charge in [-0.25, -0.2) is 9.37 Å². The first-order valence-electron chi connectivity index (χ1n) is 9.00. The Hall–Kier alpha value is -3.60. The van der Waals surface area contributed by atoms with Crippen molar-refractivity contribution in [3.8, 4) is 22.7 Å². The quantitative estimate of drug-likeness (QED) is 0.498. The fraction of sp³-hybridized carbons (Fsp3) is 0.0870. The molecule has 0 aliphatic carbocycles. The lowest BCUT2D eigenvalue weighted by molar-refractivity contribution is 0.414. The molecule has 0 atom stereocenters. The molecule has 4 nitrogen and oxygen atoms in total. The number of nitrogens with zero attached hydrogens (tertiary/aromatic N) is 2. The SMILES string of the molecule is COc1cccc(CNc2nc(-c3ccccc3)cn2-c2cccc(F)c2)c1. The van der Waals surface area contributed by atoms with Gasteiger partial charge in [-0.15, -0.1) is 0 Å². The van der Waals surface area contributed by atoms with Crippen LogP contribution in [0.5, 0.6) is 5.75 Å². The molecule has 0 spiro atoms. The molecular formula is C23H20FN3O. The molecule has 1 N–H and O–H groups in total. The van der Waals surface area contributed by atoms with Gasteiger partial charge in [-0.1, -0.05) is 48.5 Å². The molecule has 4 rings (SSSR count). The van der Waals surface area contributed by atoms with Crippen LogP contribution in [0, 0.1) is 5.82 Å². The summed E-state index contributed by atoms with van der Waals surface area (Å²) in [5.41, 5.74) is 3.59. The Morgan fingerprint density at radius 2 is 1.79 bits per heavy atom. The minimum atomic E-state index is -0.286. The highest BCUT2D eigenvalue weighted by atomic mass is 19.1. The Morgan fingerprint density at radius 1 is 0.964 bits per heavy atom. The van der Waals surface area contributed by atoms with Crippen molar-refractivity contribution in [2.45, 2.75) is 6.54 Å². The van der Waals surface area contributed by atoms with Gasteiger partial charge in [-0.3, -0.25) is 4.57 Å². The highest BCUT2D eigenvalue weighted by molar-refractivity contribution is 5.62. The van der Waals surface area contributed by atoms with Crippen LogP contribution in [0.2, 0.25) is 0 Å². The fourth-order valence-corrected chi connectivity index (χ4v) is 3.04. The summed E-state index contributed by atoms with van der Waals surface area (Å²) in [6.45, 7) is 0.567. The summed E-state index contributed by atoms with van der Waals surface area (Å²) in [7, 11) is 1.65. The van der Waals surface area contributed by atoms with Crippen molar-refractivity contribution in [1.82, 2.24) is 9.55 Å². The third kappa shape index (κ3) is 3.88. The van der Waals surface area contributed by atoms with E-state index >= 15 is 0 Å². The zero-order valence-corrected chi connectivity index (χ0v) is 15.5. The summed E-state index contributed by atoms with van der Waals surface area (Å²) >= 11 is 0. The number of hydrogen-bond acceptors (Lipinski definition) is 3. The van der Waals surface area contributed by atoms with Crippen LogP contribution in [-0.2, 0) is 6.54 Å². The number of imidazole rings is 1. The molecule has 0 aliphatic rings. The lowest BCUT2D eigenvalue weighted by Crippen LogP contribution is -2.06. The van der Waals surface area contributed by atoms with Gasteiger partial charge in [0.1, 0.15) is 11.6 Å². The first-order chi connectivity index (χ1) is 13.7. The number of ether oxygens (including phenoxy) is 1. The fourth-order valence-electron chi connectivity index (χ4n) is 3.04. The number of anilines is 1. The van der Waals surface area contributed by atoms with Crippen LogP contribution in [0.15, 0.2) is 85.1 Å². The number of rotatable bonds is 6.